The molecule has 0 atom stereocenters. The second-order valence-corrected chi connectivity index (χ2v) is 4.56. The monoisotopic (exact) mass is 240 g/mol. The summed E-state index contributed by atoms with van der Waals surface area (Å²) in [6.45, 7) is 1.90. The molecule has 5 heteroatoms. The number of isocyanates is 1. The third-order valence-electron chi connectivity index (χ3n) is 3.23. The number of hydrogen-bond donors (Lipinski definition) is 0. The lowest BCUT2D eigenvalue weighted by molar-refractivity contribution is 0.556. The van der Waals surface area contributed by atoms with Gasteiger partial charge in [0.05, 0.1) is 23.1 Å². The summed E-state index contributed by atoms with van der Waals surface area (Å²) in [7, 11) is 0. The van der Waals surface area contributed by atoms with Crippen molar-refractivity contribution in [1.29, 1.82) is 0 Å². The molecule has 1 aromatic heterocycles. The summed E-state index contributed by atoms with van der Waals surface area (Å²) in [5, 5.41) is 8.39. The molecule has 0 amide bonds. The van der Waals surface area contributed by atoms with Crippen LogP contribution >= 0.6 is 0 Å². The van der Waals surface area contributed by atoms with Crippen molar-refractivity contribution in [3.63, 3.8) is 0 Å². The van der Waals surface area contributed by atoms with Crippen molar-refractivity contribution in [2.24, 2.45) is 4.99 Å². The predicted octanol–water partition coefficient (Wildman–Crippen LogP) is 1.90. The van der Waals surface area contributed by atoms with Crippen LogP contribution < -0.4 is 0 Å². The minimum Gasteiger partial charge on any atom is -0.211 e. The van der Waals surface area contributed by atoms with Crippen LogP contribution in [0.15, 0.2) is 35.5 Å². The van der Waals surface area contributed by atoms with Crippen LogP contribution in [0.1, 0.15) is 24.1 Å². The molecule has 1 aliphatic carbocycles. The summed E-state index contributed by atoms with van der Waals surface area (Å²) >= 11 is 0. The summed E-state index contributed by atoms with van der Waals surface area (Å²) in [5.74, 6) is 0. The van der Waals surface area contributed by atoms with Gasteiger partial charge in [-0.1, -0.05) is 12.1 Å². The van der Waals surface area contributed by atoms with Gasteiger partial charge in [0, 0.05) is 0 Å². The molecule has 1 aliphatic rings. The lowest BCUT2D eigenvalue weighted by Crippen LogP contribution is -2.04. The van der Waals surface area contributed by atoms with Crippen molar-refractivity contribution < 1.29 is 4.79 Å². The molecular formula is C13H12N4O. The maximum Gasteiger partial charge on any atom is 0.235 e. The Bertz CT molecular complexity index is 619. The Morgan fingerprint density at radius 2 is 2.06 bits per heavy atom. The first-order valence-electron chi connectivity index (χ1n) is 5.82. The predicted molar refractivity (Wildman–Crippen MR) is 65.1 cm³/mol. The lowest BCUT2D eigenvalue weighted by atomic mass is 10.1. The highest BCUT2D eigenvalue weighted by Crippen LogP contribution is 2.49. The third kappa shape index (κ3) is 1.75. The Labute approximate surface area is 104 Å². The summed E-state index contributed by atoms with van der Waals surface area (Å²) in [5.41, 5.74) is 2.52. The number of hydrogen-bond acceptors (Lipinski definition) is 4. The maximum absolute atomic E-state index is 10.4. The lowest BCUT2D eigenvalue weighted by Gasteiger charge is -2.08. The molecule has 90 valence electrons. The van der Waals surface area contributed by atoms with Crippen molar-refractivity contribution in [2.75, 3.05) is 0 Å². The van der Waals surface area contributed by atoms with Crippen LogP contribution in [-0.4, -0.2) is 21.1 Å². The van der Waals surface area contributed by atoms with Gasteiger partial charge in [0.25, 0.3) is 0 Å². The molecule has 2 aromatic rings. The van der Waals surface area contributed by atoms with E-state index in [1.54, 1.807) is 17.1 Å². The van der Waals surface area contributed by atoms with Crippen LogP contribution in [0, 0.1) is 6.92 Å². The Hall–Kier alpha value is -2.26. The molecule has 1 aromatic carbocycles. The SMILES string of the molecule is Cc1cnn(-c2ccc(C3(N=C=O)CC3)cc2)n1. The van der Waals surface area contributed by atoms with E-state index >= 15 is 0 Å². The van der Waals surface area contributed by atoms with Gasteiger partial charge in [-0.3, -0.25) is 0 Å². The zero-order chi connectivity index (χ0) is 12.6. The van der Waals surface area contributed by atoms with Gasteiger partial charge in [-0.25, -0.2) is 4.79 Å². The Kier molecular flexibility index (Phi) is 2.35. The molecule has 0 saturated heterocycles. The first-order chi connectivity index (χ1) is 8.73. The van der Waals surface area contributed by atoms with Crippen molar-refractivity contribution in [3.8, 4) is 5.69 Å². The topological polar surface area (TPSA) is 60.1 Å². The van der Waals surface area contributed by atoms with Crippen molar-refractivity contribution in [1.82, 2.24) is 15.0 Å². The number of carbonyl (C=O) groups excluding carboxylic acids is 1. The van der Waals surface area contributed by atoms with Gasteiger partial charge < -0.3 is 0 Å². The third-order valence-corrected chi connectivity index (χ3v) is 3.23. The maximum atomic E-state index is 10.4. The Balaban J connectivity index is 1.92. The van der Waals surface area contributed by atoms with E-state index in [-0.39, 0.29) is 5.54 Å². The Morgan fingerprint density at radius 3 is 2.56 bits per heavy atom. The fraction of sp³-hybridized carbons (Fsp3) is 0.308. The largest absolute Gasteiger partial charge is 0.235 e. The molecule has 0 bridgehead atoms. The molecule has 0 aliphatic heterocycles. The quantitative estimate of drug-likeness (QED) is 0.608. The van der Waals surface area contributed by atoms with Crippen LogP contribution in [0.3, 0.4) is 0 Å². The van der Waals surface area contributed by atoms with Gasteiger partial charge >= 0.3 is 0 Å². The average molecular weight is 240 g/mol. The minimum absolute atomic E-state index is 0.312. The van der Waals surface area contributed by atoms with E-state index in [1.165, 1.54) is 0 Å². The number of rotatable bonds is 3. The van der Waals surface area contributed by atoms with Gasteiger partial charge in [0.2, 0.25) is 6.08 Å². The van der Waals surface area contributed by atoms with E-state index in [9.17, 15) is 4.79 Å². The van der Waals surface area contributed by atoms with Gasteiger partial charge in [-0.2, -0.15) is 20.0 Å². The summed E-state index contributed by atoms with van der Waals surface area (Å²) < 4.78 is 0. The van der Waals surface area contributed by atoms with E-state index in [4.69, 9.17) is 0 Å². The molecule has 1 fully saturated rings. The molecule has 5 nitrogen and oxygen atoms in total. The molecule has 3 rings (SSSR count). The number of benzene rings is 1. The Morgan fingerprint density at radius 1 is 1.33 bits per heavy atom. The van der Waals surface area contributed by atoms with E-state index in [0.717, 1.165) is 29.8 Å². The van der Waals surface area contributed by atoms with E-state index in [2.05, 4.69) is 15.2 Å². The molecular weight excluding hydrogens is 228 g/mol. The molecule has 18 heavy (non-hydrogen) atoms. The van der Waals surface area contributed by atoms with Gasteiger partial charge in [0.1, 0.15) is 0 Å². The molecule has 0 radical (unpaired) electrons. The van der Waals surface area contributed by atoms with Gasteiger partial charge in [-0.05, 0) is 37.5 Å². The normalized spacial score (nSPS) is 16.1. The second kappa shape index (κ2) is 3.89. The first kappa shape index (κ1) is 10.9. The fourth-order valence-electron chi connectivity index (χ4n) is 2.04. The second-order valence-electron chi connectivity index (χ2n) is 4.56. The van der Waals surface area contributed by atoms with Crippen molar-refractivity contribution >= 4 is 6.08 Å². The standard InChI is InChI=1S/C13H12N4O/c1-10-8-15-17(16-10)12-4-2-11(3-5-12)13(6-7-13)14-9-18/h2-5,8H,6-7H2,1H3. The first-order valence-corrected chi connectivity index (χ1v) is 5.82. The van der Waals surface area contributed by atoms with E-state index < -0.39 is 0 Å². The molecule has 1 saturated carbocycles. The van der Waals surface area contributed by atoms with Crippen LogP contribution in [0.5, 0.6) is 0 Å². The van der Waals surface area contributed by atoms with Gasteiger partial charge in [-0.15, -0.1) is 0 Å². The number of nitrogens with zero attached hydrogens (tertiary/aromatic N) is 4. The molecule has 1 heterocycles. The van der Waals surface area contributed by atoms with Crippen molar-refractivity contribution in [2.45, 2.75) is 25.3 Å². The van der Waals surface area contributed by atoms with E-state index in [0.29, 0.717) is 0 Å². The zero-order valence-electron chi connectivity index (χ0n) is 10.00. The molecule has 0 spiro atoms. The van der Waals surface area contributed by atoms with Crippen LogP contribution in [-0.2, 0) is 10.3 Å². The van der Waals surface area contributed by atoms with Crippen molar-refractivity contribution in [3.05, 3.63) is 41.7 Å². The summed E-state index contributed by atoms with van der Waals surface area (Å²) in [4.78, 5) is 15.9. The highest BCUT2D eigenvalue weighted by Gasteiger charge is 2.44. The van der Waals surface area contributed by atoms with Crippen LogP contribution in [0.25, 0.3) is 5.69 Å². The molecule has 0 unspecified atom stereocenters. The summed E-state index contributed by atoms with van der Waals surface area (Å²) in [6.07, 6.45) is 5.21. The number of aliphatic imine (C=N–C) groups is 1. The van der Waals surface area contributed by atoms with Crippen LogP contribution in [0.2, 0.25) is 0 Å². The average Bonchev–Trinajstić information content (AvgIpc) is 3.04. The van der Waals surface area contributed by atoms with Crippen LogP contribution in [0.4, 0.5) is 0 Å². The molecule has 0 N–H and O–H groups in total. The smallest absolute Gasteiger partial charge is 0.211 e. The highest BCUT2D eigenvalue weighted by molar-refractivity contribution is 5.43. The van der Waals surface area contributed by atoms with E-state index in [1.807, 2.05) is 31.2 Å². The highest BCUT2D eigenvalue weighted by atomic mass is 16.1. The number of aryl methyl sites for hydroxylation is 1. The zero-order valence-corrected chi connectivity index (χ0v) is 10.00. The summed E-state index contributed by atoms with van der Waals surface area (Å²) in [6, 6.07) is 7.83. The minimum atomic E-state index is -0.312. The fourth-order valence-corrected chi connectivity index (χ4v) is 2.04. The number of aromatic nitrogens is 3. The van der Waals surface area contributed by atoms with Gasteiger partial charge in [0.15, 0.2) is 0 Å².